The number of aromatic amines is 1. The molecular formula is C10H13N5. The topological polar surface area (TPSA) is 93.6 Å². The van der Waals surface area contributed by atoms with Gasteiger partial charge in [-0.3, -0.25) is 5.10 Å². The van der Waals surface area contributed by atoms with Gasteiger partial charge in [0.05, 0.1) is 0 Å². The van der Waals surface area contributed by atoms with Gasteiger partial charge in [0, 0.05) is 12.1 Å². The molecule has 2 aromatic rings. The van der Waals surface area contributed by atoms with Gasteiger partial charge in [-0.05, 0) is 18.1 Å². The number of hydrogen-bond acceptors (Lipinski definition) is 4. The molecule has 5 N–H and O–H groups in total. The van der Waals surface area contributed by atoms with Gasteiger partial charge in [-0.15, -0.1) is 5.10 Å². The molecule has 15 heavy (non-hydrogen) atoms. The van der Waals surface area contributed by atoms with E-state index in [4.69, 9.17) is 11.5 Å². The molecule has 0 aliphatic heterocycles. The van der Waals surface area contributed by atoms with Crippen molar-refractivity contribution in [2.45, 2.75) is 12.8 Å². The van der Waals surface area contributed by atoms with Crippen molar-refractivity contribution >= 4 is 11.6 Å². The molecular weight excluding hydrogens is 190 g/mol. The van der Waals surface area contributed by atoms with Crippen LogP contribution in [0.2, 0.25) is 0 Å². The largest absolute Gasteiger partial charge is 0.399 e. The Morgan fingerprint density at radius 3 is 2.60 bits per heavy atom. The Morgan fingerprint density at radius 2 is 1.93 bits per heavy atom. The Morgan fingerprint density at radius 1 is 1.13 bits per heavy atom. The van der Waals surface area contributed by atoms with Gasteiger partial charge in [-0.1, -0.05) is 18.2 Å². The Bertz CT molecular complexity index is 449. The molecule has 0 amide bonds. The minimum absolute atomic E-state index is 0.283. The molecule has 0 saturated heterocycles. The number of nitrogens with zero attached hydrogens (tertiary/aromatic N) is 2. The van der Waals surface area contributed by atoms with Crippen LogP contribution in [-0.2, 0) is 12.8 Å². The van der Waals surface area contributed by atoms with Crippen LogP contribution < -0.4 is 11.5 Å². The standard InChI is InChI=1S/C10H13N5/c11-8-4-2-1-3-7(8)5-6-9-13-10(12)15-14-9/h1-4H,5-6,11H2,(H3,12,13,14,15). The number of aryl methyl sites for hydroxylation is 2. The molecule has 0 unspecified atom stereocenters. The monoisotopic (exact) mass is 203 g/mol. The van der Waals surface area contributed by atoms with Gasteiger partial charge < -0.3 is 11.5 Å². The molecule has 1 aromatic carbocycles. The maximum Gasteiger partial charge on any atom is 0.239 e. The second-order valence-corrected chi connectivity index (χ2v) is 3.34. The quantitative estimate of drug-likeness (QED) is 0.642. The fourth-order valence-electron chi connectivity index (χ4n) is 1.44. The molecule has 0 saturated carbocycles. The van der Waals surface area contributed by atoms with Crippen molar-refractivity contribution < 1.29 is 0 Å². The number of hydrogen-bond donors (Lipinski definition) is 3. The zero-order chi connectivity index (χ0) is 10.7. The zero-order valence-electron chi connectivity index (χ0n) is 8.27. The van der Waals surface area contributed by atoms with Crippen molar-refractivity contribution in [3.8, 4) is 0 Å². The van der Waals surface area contributed by atoms with Crippen LogP contribution in [0.25, 0.3) is 0 Å². The SMILES string of the molecule is Nc1n[nH]c(CCc2ccccc2N)n1. The average Bonchev–Trinajstić information content (AvgIpc) is 2.63. The lowest BCUT2D eigenvalue weighted by Gasteiger charge is -2.02. The minimum Gasteiger partial charge on any atom is -0.399 e. The summed E-state index contributed by atoms with van der Waals surface area (Å²) in [6, 6.07) is 7.80. The number of aromatic nitrogens is 3. The predicted octanol–water partition coefficient (Wildman–Crippen LogP) is 0.754. The first kappa shape index (κ1) is 9.51. The first-order chi connectivity index (χ1) is 7.25. The van der Waals surface area contributed by atoms with E-state index in [1.165, 1.54) is 0 Å². The van der Waals surface area contributed by atoms with Gasteiger partial charge in [0.15, 0.2) is 0 Å². The maximum absolute atomic E-state index is 5.82. The average molecular weight is 203 g/mol. The van der Waals surface area contributed by atoms with Gasteiger partial charge in [-0.2, -0.15) is 4.98 Å². The minimum atomic E-state index is 0.283. The second-order valence-electron chi connectivity index (χ2n) is 3.34. The summed E-state index contributed by atoms with van der Waals surface area (Å²) in [7, 11) is 0. The summed E-state index contributed by atoms with van der Waals surface area (Å²) in [6.45, 7) is 0. The normalized spacial score (nSPS) is 10.4. The summed E-state index contributed by atoms with van der Waals surface area (Å²) < 4.78 is 0. The van der Waals surface area contributed by atoms with Crippen LogP contribution in [0.3, 0.4) is 0 Å². The number of rotatable bonds is 3. The first-order valence-electron chi connectivity index (χ1n) is 4.76. The lowest BCUT2D eigenvalue weighted by atomic mass is 10.1. The number of para-hydroxylation sites is 1. The third kappa shape index (κ3) is 2.25. The molecule has 2 rings (SSSR count). The zero-order valence-corrected chi connectivity index (χ0v) is 8.27. The van der Waals surface area contributed by atoms with E-state index < -0.39 is 0 Å². The van der Waals surface area contributed by atoms with Crippen LogP contribution in [0.15, 0.2) is 24.3 Å². The highest BCUT2D eigenvalue weighted by Crippen LogP contribution is 2.12. The number of nitrogen functional groups attached to an aromatic ring is 2. The summed E-state index contributed by atoms with van der Waals surface area (Å²) in [5.74, 6) is 1.07. The molecule has 5 nitrogen and oxygen atoms in total. The highest BCUT2D eigenvalue weighted by atomic mass is 15.3. The van der Waals surface area contributed by atoms with Crippen LogP contribution >= 0.6 is 0 Å². The Balaban J connectivity index is 2.02. The fraction of sp³-hybridized carbons (Fsp3) is 0.200. The molecule has 0 radical (unpaired) electrons. The summed E-state index contributed by atoms with van der Waals surface area (Å²) in [5, 5.41) is 6.53. The first-order valence-corrected chi connectivity index (χ1v) is 4.76. The van der Waals surface area contributed by atoms with E-state index >= 15 is 0 Å². The highest BCUT2D eigenvalue weighted by molar-refractivity contribution is 5.46. The molecule has 1 aromatic heterocycles. The molecule has 78 valence electrons. The van der Waals surface area contributed by atoms with Crippen molar-refractivity contribution in [3.05, 3.63) is 35.7 Å². The number of H-pyrrole nitrogens is 1. The molecule has 0 spiro atoms. The van der Waals surface area contributed by atoms with E-state index in [1.54, 1.807) is 0 Å². The lowest BCUT2D eigenvalue weighted by molar-refractivity contribution is 0.866. The maximum atomic E-state index is 5.82. The van der Waals surface area contributed by atoms with Crippen LogP contribution in [-0.4, -0.2) is 15.2 Å². The van der Waals surface area contributed by atoms with Crippen LogP contribution in [0.4, 0.5) is 11.6 Å². The number of benzene rings is 1. The molecule has 0 aliphatic rings. The number of nitrogens with two attached hydrogens (primary N) is 2. The van der Waals surface area contributed by atoms with E-state index in [1.807, 2.05) is 24.3 Å². The van der Waals surface area contributed by atoms with Gasteiger partial charge in [-0.25, -0.2) is 0 Å². The Kier molecular flexibility index (Phi) is 2.53. The molecule has 1 heterocycles. The van der Waals surface area contributed by atoms with E-state index in [9.17, 15) is 0 Å². The predicted molar refractivity (Wildman–Crippen MR) is 59.1 cm³/mol. The molecule has 0 fully saturated rings. The van der Waals surface area contributed by atoms with Gasteiger partial charge in [0.2, 0.25) is 5.95 Å². The highest BCUT2D eigenvalue weighted by Gasteiger charge is 2.02. The van der Waals surface area contributed by atoms with Crippen LogP contribution in [0, 0.1) is 0 Å². The van der Waals surface area contributed by atoms with Crippen LogP contribution in [0.1, 0.15) is 11.4 Å². The molecule has 0 bridgehead atoms. The lowest BCUT2D eigenvalue weighted by Crippen LogP contribution is -1.98. The fourth-order valence-corrected chi connectivity index (χ4v) is 1.44. The summed E-state index contributed by atoms with van der Waals surface area (Å²) >= 11 is 0. The smallest absolute Gasteiger partial charge is 0.239 e. The van der Waals surface area contributed by atoms with Crippen molar-refractivity contribution in [2.75, 3.05) is 11.5 Å². The third-order valence-corrected chi connectivity index (χ3v) is 2.24. The van der Waals surface area contributed by atoms with Gasteiger partial charge >= 0.3 is 0 Å². The van der Waals surface area contributed by atoms with Crippen molar-refractivity contribution in [1.82, 2.24) is 15.2 Å². The summed E-state index contributed by atoms with van der Waals surface area (Å²) in [5.41, 5.74) is 13.1. The van der Waals surface area contributed by atoms with Crippen LogP contribution in [0.5, 0.6) is 0 Å². The van der Waals surface area contributed by atoms with E-state index in [0.29, 0.717) is 0 Å². The Labute approximate surface area is 87.5 Å². The van der Waals surface area contributed by atoms with Crippen molar-refractivity contribution in [3.63, 3.8) is 0 Å². The summed E-state index contributed by atoms with van der Waals surface area (Å²) in [4.78, 5) is 4.03. The summed E-state index contributed by atoms with van der Waals surface area (Å²) in [6.07, 6.45) is 1.60. The second kappa shape index (κ2) is 4.00. The van der Waals surface area contributed by atoms with Gasteiger partial charge in [0.1, 0.15) is 5.82 Å². The molecule has 0 atom stereocenters. The Hall–Kier alpha value is -2.04. The molecule has 0 aliphatic carbocycles. The molecule has 5 heteroatoms. The number of nitrogens with one attached hydrogen (secondary N) is 1. The third-order valence-electron chi connectivity index (χ3n) is 2.24. The van der Waals surface area contributed by atoms with E-state index in [2.05, 4.69) is 15.2 Å². The van der Waals surface area contributed by atoms with Crippen molar-refractivity contribution in [1.29, 1.82) is 0 Å². The van der Waals surface area contributed by atoms with E-state index in [-0.39, 0.29) is 5.95 Å². The van der Waals surface area contributed by atoms with Gasteiger partial charge in [0.25, 0.3) is 0 Å². The van der Waals surface area contributed by atoms with E-state index in [0.717, 1.165) is 29.9 Å². The van der Waals surface area contributed by atoms with Crippen molar-refractivity contribution in [2.24, 2.45) is 0 Å². The number of anilines is 2.